The highest BCUT2D eigenvalue weighted by atomic mass is 35.5. The summed E-state index contributed by atoms with van der Waals surface area (Å²) in [7, 11) is 0. The van der Waals surface area contributed by atoms with Crippen LogP contribution < -0.4 is 0 Å². The van der Waals surface area contributed by atoms with Gasteiger partial charge in [0.2, 0.25) is 0 Å². The molecule has 116 valence electrons. The first-order chi connectivity index (χ1) is 10.7. The van der Waals surface area contributed by atoms with Crippen LogP contribution in [0.25, 0.3) is 0 Å². The fourth-order valence-corrected chi connectivity index (χ4v) is 15.2. The predicted molar refractivity (Wildman–Crippen MR) is 84.4 cm³/mol. The van der Waals surface area contributed by atoms with Crippen LogP contribution in [0.4, 0.5) is 0 Å². The predicted octanol–water partition coefficient (Wildman–Crippen LogP) is 5.00. The van der Waals surface area contributed by atoms with E-state index in [1.165, 1.54) is 24.7 Å². The first kappa shape index (κ1) is 11.0. The average molecular weight is 313 g/mol. The van der Waals surface area contributed by atoms with Crippen LogP contribution in [0.3, 0.4) is 0 Å². The number of hydrogen-bond acceptors (Lipinski definition) is 0. The molecule has 9 aliphatic rings. The molecule has 0 radical (unpaired) electrons. The molecule has 0 aliphatic heterocycles. The highest BCUT2D eigenvalue weighted by Gasteiger charge is 3.11. The lowest BCUT2D eigenvalue weighted by Crippen LogP contribution is -2.94. The Hall–Kier alpha value is 0.290. The minimum absolute atomic E-state index is 0.282. The second kappa shape index (κ2) is 2.33. The van der Waals surface area contributed by atoms with E-state index in [0.29, 0.717) is 0 Å². The Kier molecular flexibility index (Phi) is 1.17. The molecule has 22 heavy (non-hydrogen) atoms. The van der Waals surface area contributed by atoms with Gasteiger partial charge in [-0.1, -0.05) is 19.3 Å². The summed E-state index contributed by atoms with van der Waals surface area (Å²) >= 11 is 7.73. The Morgan fingerprint density at radius 2 is 1.36 bits per heavy atom. The van der Waals surface area contributed by atoms with E-state index >= 15 is 0 Å². The van der Waals surface area contributed by atoms with Crippen molar-refractivity contribution < 1.29 is 0 Å². The van der Waals surface area contributed by atoms with Crippen molar-refractivity contribution in [2.45, 2.75) is 69.1 Å². The molecule has 2 spiro atoms. The largest absolute Gasteiger partial charge is 0.119 e. The van der Waals surface area contributed by atoms with Crippen molar-refractivity contribution in [2.75, 3.05) is 0 Å². The summed E-state index contributed by atoms with van der Waals surface area (Å²) in [6.07, 6.45) is 15.7. The van der Waals surface area contributed by atoms with Crippen molar-refractivity contribution in [3.63, 3.8) is 0 Å². The Bertz CT molecular complexity index is 725. The van der Waals surface area contributed by atoms with Gasteiger partial charge in [0, 0.05) is 0 Å². The molecule has 0 nitrogen and oxygen atoms in total. The lowest BCUT2D eigenvalue weighted by molar-refractivity contribution is -0.499. The van der Waals surface area contributed by atoms with Gasteiger partial charge in [-0.05, 0) is 102 Å². The van der Waals surface area contributed by atoms with Crippen LogP contribution in [0, 0.1) is 56.7 Å². The van der Waals surface area contributed by atoms with Gasteiger partial charge in [-0.3, -0.25) is 0 Å². The van der Waals surface area contributed by atoms with Crippen molar-refractivity contribution in [1.29, 1.82) is 0 Å². The maximum atomic E-state index is 7.73. The Balaban J connectivity index is 1.51. The molecule has 9 saturated carbocycles. The van der Waals surface area contributed by atoms with E-state index < -0.39 is 0 Å². The second-order valence-electron chi connectivity index (χ2n) is 11.5. The van der Waals surface area contributed by atoms with E-state index in [1.807, 2.05) is 0 Å². The number of rotatable bonds is 0. The molecule has 0 aromatic heterocycles. The lowest BCUT2D eigenvalue weighted by Gasteiger charge is -2.97. The smallest absolute Gasteiger partial charge is 0.0522 e. The zero-order chi connectivity index (χ0) is 14.0. The third-order valence-electron chi connectivity index (χ3n) is 12.8. The minimum Gasteiger partial charge on any atom is -0.119 e. The van der Waals surface area contributed by atoms with Gasteiger partial charge in [-0.25, -0.2) is 0 Å². The zero-order valence-corrected chi connectivity index (χ0v) is 14.1. The van der Waals surface area contributed by atoms with Crippen molar-refractivity contribution >= 4 is 11.6 Å². The Morgan fingerprint density at radius 1 is 0.636 bits per heavy atom. The molecule has 1 heteroatoms. The molecule has 0 aromatic rings. The standard InChI is InChI=1S/C21H25Cl/c22-21-9-1-4-16-10-17-5-2-8-20(17,15(16)21)13-12(17)18-6-3-7-19(13,18)14(21)11(16)18/h11-15H,1-10H2. The number of alkyl halides is 1. The van der Waals surface area contributed by atoms with Gasteiger partial charge < -0.3 is 0 Å². The summed E-state index contributed by atoms with van der Waals surface area (Å²) < 4.78 is 0. The molecular weight excluding hydrogens is 288 g/mol. The van der Waals surface area contributed by atoms with Crippen LogP contribution in [0.15, 0.2) is 0 Å². The van der Waals surface area contributed by atoms with Gasteiger partial charge in [0.1, 0.15) is 0 Å². The van der Waals surface area contributed by atoms with E-state index in [4.69, 9.17) is 11.6 Å². The van der Waals surface area contributed by atoms with Gasteiger partial charge in [-0.2, -0.15) is 0 Å². The third kappa shape index (κ3) is 0.505. The SMILES string of the molecule is ClC12CCCC34CC56CCCC5(C13)C1C6C35CCCC13C2C45. The lowest BCUT2D eigenvalue weighted by atomic mass is 9.07. The molecule has 0 aromatic carbocycles. The average Bonchev–Trinajstić information content (AvgIpc) is 2.85. The summed E-state index contributed by atoms with van der Waals surface area (Å²) in [6, 6.07) is 0. The van der Waals surface area contributed by atoms with Crippen molar-refractivity contribution in [1.82, 2.24) is 0 Å². The highest BCUT2D eigenvalue weighted by molar-refractivity contribution is 6.25. The van der Waals surface area contributed by atoms with Crippen LogP contribution in [-0.4, -0.2) is 4.87 Å². The molecule has 0 saturated heterocycles. The summed E-state index contributed by atoms with van der Waals surface area (Å²) in [5.41, 5.74) is 4.06. The fraction of sp³-hybridized carbons (Fsp3) is 1.00. The molecule has 0 heterocycles. The maximum Gasteiger partial charge on any atom is 0.0522 e. The van der Waals surface area contributed by atoms with Gasteiger partial charge in [0.15, 0.2) is 0 Å². The Morgan fingerprint density at radius 3 is 2.27 bits per heavy atom. The van der Waals surface area contributed by atoms with E-state index in [1.54, 1.807) is 51.4 Å². The van der Waals surface area contributed by atoms with Gasteiger partial charge in [-0.15, -0.1) is 11.6 Å². The van der Waals surface area contributed by atoms with Crippen molar-refractivity contribution in [3.05, 3.63) is 0 Å². The molecule has 11 atom stereocenters. The van der Waals surface area contributed by atoms with Crippen LogP contribution in [-0.2, 0) is 0 Å². The van der Waals surface area contributed by atoms with Crippen molar-refractivity contribution in [2.24, 2.45) is 56.7 Å². The van der Waals surface area contributed by atoms with E-state index in [0.717, 1.165) is 44.8 Å². The maximum absolute atomic E-state index is 7.73. The third-order valence-corrected chi connectivity index (χ3v) is 13.4. The summed E-state index contributed by atoms with van der Waals surface area (Å²) in [4.78, 5) is 0.282. The topological polar surface area (TPSA) is 0 Å². The van der Waals surface area contributed by atoms with Crippen LogP contribution >= 0.6 is 11.6 Å². The molecule has 9 aliphatic carbocycles. The second-order valence-corrected chi connectivity index (χ2v) is 12.2. The molecule has 9 fully saturated rings. The fourth-order valence-electron chi connectivity index (χ4n) is 14.3. The Labute approximate surface area is 137 Å². The first-order valence-corrected chi connectivity index (χ1v) is 10.7. The first-order valence-electron chi connectivity index (χ1n) is 10.4. The molecule has 9 rings (SSSR count). The van der Waals surface area contributed by atoms with E-state index in [-0.39, 0.29) is 4.87 Å². The minimum atomic E-state index is 0.282. The van der Waals surface area contributed by atoms with Gasteiger partial charge >= 0.3 is 0 Å². The summed E-state index contributed by atoms with van der Waals surface area (Å²) in [5.74, 6) is 5.48. The monoisotopic (exact) mass is 312 g/mol. The molecule has 11 unspecified atom stereocenters. The van der Waals surface area contributed by atoms with Crippen LogP contribution in [0.5, 0.6) is 0 Å². The normalized spacial score (nSPS) is 88.0. The summed E-state index contributed by atoms with van der Waals surface area (Å²) in [5, 5.41) is 0. The number of hydrogen-bond donors (Lipinski definition) is 0. The van der Waals surface area contributed by atoms with Crippen LogP contribution in [0.2, 0.25) is 0 Å². The molecule has 0 N–H and O–H groups in total. The number of halogens is 1. The van der Waals surface area contributed by atoms with Gasteiger partial charge in [0.25, 0.3) is 0 Å². The zero-order valence-electron chi connectivity index (χ0n) is 13.3. The highest BCUT2D eigenvalue weighted by Crippen LogP contribution is 3.14. The van der Waals surface area contributed by atoms with E-state index in [2.05, 4.69) is 0 Å². The quantitative estimate of drug-likeness (QED) is 0.552. The molecular formula is C21H25Cl. The van der Waals surface area contributed by atoms with Crippen molar-refractivity contribution in [3.8, 4) is 0 Å². The van der Waals surface area contributed by atoms with E-state index in [9.17, 15) is 0 Å². The summed E-state index contributed by atoms with van der Waals surface area (Å²) in [6.45, 7) is 0. The van der Waals surface area contributed by atoms with Gasteiger partial charge in [0.05, 0.1) is 4.87 Å². The van der Waals surface area contributed by atoms with Crippen LogP contribution in [0.1, 0.15) is 64.2 Å². The molecule has 0 amide bonds. The molecule has 4 bridgehead atoms.